The van der Waals surface area contributed by atoms with Crippen LogP contribution in [0.2, 0.25) is 0 Å². The molecule has 1 aliphatic carbocycles. The van der Waals surface area contributed by atoms with Crippen LogP contribution in [0.5, 0.6) is 0 Å². The van der Waals surface area contributed by atoms with Gasteiger partial charge in [-0.25, -0.2) is 8.42 Å². The lowest BCUT2D eigenvalue weighted by Crippen LogP contribution is -2.69. The van der Waals surface area contributed by atoms with Crippen LogP contribution in [0.15, 0.2) is 29.2 Å². The van der Waals surface area contributed by atoms with Gasteiger partial charge in [0.1, 0.15) is 0 Å². The molecule has 1 saturated heterocycles. The molecule has 108 valence electrons. The topological polar surface area (TPSA) is 80.5 Å². The molecule has 2 fully saturated rings. The zero-order valence-corrected chi connectivity index (χ0v) is 12.2. The van der Waals surface area contributed by atoms with E-state index < -0.39 is 9.84 Å². The lowest BCUT2D eigenvalue weighted by atomic mass is 9.85. The van der Waals surface area contributed by atoms with E-state index in [0.717, 1.165) is 19.1 Å². The standard InChI is InChI=1S/C14H18N2O3S/c1-20(18,19)12-4-2-3-10(7-12)13(17)16-8-14(15,9-16)11-5-6-11/h2-4,7,11H,5-6,8-9,15H2,1H3. The van der Waals surface area contributed by atoms with Crippen LogP contribution >= 0.6 is 0 Å². The van der Waals surface area contributed by atoms with Gasteiger partial charge in [0, 0.05) is 24.9 Å². The van der Waals surface area contributed by atoms with Crippen molar-refractivity contribution in [3.05, 3.63) is 29.8 Å². The van der Waals surface area contributed by atoms with Crippen molar-refractivity contribution in [1.29, 1.82) is 0 Å². The Morgan fingerprint density at radius 2 is 2.00 bits per heavy atom. The molecule has 0 aromatic heterocycles. The molecule has 0 atom stereocenters. The maximum Gasteiger partial charge on any atom is 0.254 e. The number of carbonyl (C=O) groups excluding carboxylic acids is 1. The second-order valence-electron chi connectivity index (χ2n) is 5.97. The number of nitrogens with zero attached hydrogens (tertiary/aromatic N) is 1. The molecule has 1 heterocycles. The summed E-state index contributed by atoms with van der Waals surface area (Å²) < 4.78 is 23.0. The highest BCUT2D eigenvalue weighted by molar-refractivity contribution is 7.90. The van der Waals surface area contributed by atoms with Gasteiger partial charge in [0.15, 0.2) is 9.84 Å². The Labute approximate surface area is 118 Å². The van der Waals surface area contributed by atoms with Gasteiger partial charge in [-0.2, -0.15) is 0 Å². The lowest BCUT2D eigenvalue weighted by molar-refractivity contribution is 0.0350. The number of sulfone groups is 1. The molecule has 0 spiro atoms. The van der Waals surface area contributed by atoms with Crippen molar-refractivity contribution in [2.45, 2.75) is 23.3 Å². The van der Waals surface area contributed by atoms with Crippen LogP contribution in [0, 0.1) is 5.92 Å². The van der Waals surface area contributed by atoms with E-state index in [1.54, 1.807) is 17.0 Å². The molecule has 0 radical (unpaired) electrons. The van der Waals surface area contributed by atoms with Crippen molar-refractivity contribution < 1.29 is 13.2 Å². The Morgan fingerprint density at radius 1 is 1.35 bits per heavy atom. The number of nitrogens with two attached hydrogens (primary N) is 1. The van der Waals surface area contributed by atoms with Crippen LogP contribution in [0.3, 0.4) is 0 Å². The highest BCUT2D eigenvalue weighted by Crippen LogP contribution is 2.43. The van der Waals surface area contributed by atoms with Crippen LogP contribution in [0.25, 0.3) is 0 Å². The molecule has 2 N–H and O–H groups in total. The predicted molar refractivity (Wildman–Crippen MR) is 75.1 cm³/mol. The number of likely N-dealkylation sites (tertiary alicyclic amines) is 1. The second-order valence-corrected chi connectivity index (χ2v) is 7.98. The lowest BCUT2D eigenvalue weighted by Gasteiger charge is -2.48. The van der Waals surface area contributed by atoms with Crippen molar-refractivity contribution in [2.75, 3.05) is 19.3 Å². The monoisotopic (exact) mass is 294 g/mol. The highest BCUT2D eigenvalue weighted by atomic mass is 32.2. The van der Waals surface area contributed by atoms with E-state index in [4.69, 9.17) is 5.73 Å². The average molecular weight is 294 g/mol. The molecular weight excluding hydrogens is 276 g/mol. The number of hydrogen-bond donors (Lipinski definition) is 1. The third-order valence-electron chi connectivity index (χ3n) is 4.16. The molecule has 1 aromatic rings. The molecule has 0 bridgehead atoms. The van der Waals surface area contributed by atoms with Crippen LogP contribution in [0.1, 0.15) is 23.2 Å². The summed E-state index contributed by atoms with van der Waals surface area (Å²) in [5.74, 6) is 0.408. The fraction of sp³-hybridized carbons (Fsp3) is 0.500. The predicted octanol–water partition coefficient (Wildman–Crippen LogP) is 0.653. The normalized spacial score (nSPS) is 21.4. The van der Waals surface area contributed by atoms with Crippen molar-refractivity contribution in [2.24, 2.45) is 11.7 Å². The first-order chi connectivity index (χ1) is 9.29. The molecule has 3 rings (SSSR count). The van der Waals surface area contributed by atoms with Crippen molar-refractivity contribution in [3.63, 3.8) is 0 Å². The summed E-state index contributed by atoms with van der Waals surface area (Å²) in [6.07, 6.45) is 3.45. The van der Waals surface area contributed by atoms with E-state index in [1.165, 1.54) is 12.1 Å². The van der Waals surface area contributed by atoms with Gasteiger partial charge in [-0.15, -0.1) is 0 Å². The van der Waals surface area contributed by atoms with E-state index in [1.807, 2.05) is 0 Å². The molecule has 1 amide bonds. The summed E-state index contributed by atoms with van der Waals surface area (Å²) >= 11 is 0. The minimum atomic E-state index is -3.29. The first kappa shape index (κ1) is 13.6. The second kappa shape index (κ2) is 4.30. The zero-order chi connectivity index (χ0) is 14.5. The van der Waals surface area contributed by atoms with Gasteiger partial charge in [0.05, 0.1) is 10.4 Å². The van der Waals surface area contributed by atoms with Gasteiger partial charge in [0.25, 0.3) is 5.91 Å². The van der Waals surface area contributed by atoms with Gasteiger partial charge in [0.2, 0.25) is 0 Å². The van der Waals surface area contributed by atoms with Gasteiger partial charge >= 0.3 is 0 Å². The number of amides is 1. The van der Waals surface area contributed by atoms with E-state index >= 15 is 0 Å². The maximum absolute atomic E-state index is 12.3. The first-order valence-corrected chi connectivity index (χ1v) is 8.57. The van der Waals surface area contributed by atoms with E-state index in [0.29, 0.717) is 24.6 Å². The summed E-state index contributed by atoms with van der Waals surface area (Å²) in [4.78, 5) is 14.2. The van der Waals surface area contributed by atoms with E-state index in [9.17, 15) is 13.2 Å². The van der Waals surface area contributed by atoms with E-state index in [2.05, 4.69) is 0 Å². The van der Waals surface area contributed by atoms with Crippen molar-refractivity contribution in [1.82, 2.24) is 4.90 Å². The molecule has 1 saturated carbocycles. The zero-order valence-electron chi connectivity index (χ0n) is 11.4. The average Bonchev–Trinajstić information content (AvgIpc) is 3.18. The number of rotatable bonds is 3. The quantitative estimate of drug-likeness (QED) is 0.887. The minimum Gasteiger partial charge on any atom is -0.335 e. The fourth-order valence-electron chi connectivity index (χ4n) is 2.77. The van der Waals surface area contributed by atoms with Gasteiger partial charge < -0.3 is 10.6 Å². The van der Waals surface area contributed by atoms with E-state index in [-0.39, 0.29) is 16.3 Å². The SMILES string of the molecule is CS(=O)(=O)c1cccc(C(=O)N2CC(N)(C3CC3)C2)c1. The Hall–Kier alpha value is -1.40. The van der Waals surface area contributed by atoms with Gasteiger partial charge in [-0.05, 0) is 37.0 Å². The van der Waals surface area contributed by atoms with Crippen LogP contribution in [0.4, 0.5) is 0 Å². The van der Waals surface area contributed by atoms with Crippen LogP contribution in [-0.4, -0.2) is 44.1 Å². The summed E-state index contributed by atoms with van der Waals surface area (Å²) in [5, 5.41) is 0. The third-order valence-corrected chi connectivity index (χ3v) is 5.27. The molecule has 20 heavy (non-hydrogen) atoms. The number of benzene rings is 1. The van der Waals surface area contributed by atoms with Crippen LogP contribution in [-0.2, 0) is 9.84 Å². The Balaban J connectivity index is 1.75. The van der Waals surface area contributed by atoms with Crippen molar-refractivity contribution >= 4 is 15.7 Å². The summed E-state index contributed by atoms with van der Waals surface area (Å²) in [6.45, 7) is 1.14. The number of carbonyl (C=O) groups is 1. The molecule has 6 heteroatoms. The molecule has 2 aliphatic rings. The number of hydrogen-bond acceptors (Lipinski definition) is 4. The molecule has 0 unspecified atom stereocenters. The van der Waals surface area contributed by atoms with Gasteiger partial charge in [-0.1, -0.05) is 6.07 Å². The Morgan fingerprint density at radius 3 is 2.55 bits per heavy atom. The summed E-state index contributed by atoms with van der Waals surface area (Å²) in [7, 11) is -3.29. The Bertz CT molecular complexity index is 659. The summed E-state index contributed by atoms with van der Waals surface area (Å²) in [6, 6.07) is 6.18. The largest absolute Gasteiger partial charge is 0.335 e. The minimum absolute atomic E-state index is 0.141. The van der Waals surface area contributed by atoms with Crippen molar-refractivity contribution in [3.8, 4) is 0 Å². The smallest absolute Gasteiger partial charge is 0.254 e. The molecule has 1 aromatic carbocycles. The van der Waals surface area contributed by atoms with Crippen LogP contribution < -0.4 is 5.73 Å². The molecule has 5 nitrogen and oxygen atoms in total. The third kappa shape index (κ3) is 2.33. The molecular formula is C14H18N2O3S. The van der Waals surface area contributed by atoms with Gasteiger partial charge in [-0.3, -0.25) is 4.79 Å². The molecule has 1 aliphatic heterocycles. The Kier molecular flexibility index (Phi) is 2.92. The summed E-state index contributed by atoms with van der Waals surface area (Å²) in [5.41, 5.74) is 6.41. The first-order valence-electron chi connectivity index (χ1n) is 6.68. The fourth-order valence-corrected chi connectivity index (χ4v) is 3.43. The maximum atomic E-state index is 12.3. The highest BCUT2D eigenvalue weighted by Gasteiger charge is 2.51.